The van der Waals surface area contributed by atoms with Gasteiger partial charge in [0.25, 0.3) is 0 Å². The van der Waals surface area contributed by atoms with Crippen molar-refractivity contribution in [2.45, 2.75) is 118 Å². The summed E-state index contributed by atoms with van der Waals surface area (Å²) in [5.41, 5.74) is 0. The Morgan fingerprint density at radius 2 is 1.32 bits per heavy atom. The van der Waals surface area contributed by atoms with Gasteiger partial charge in [-0.3, -0.25) is 4.90 Å². The molecule has 1 radical (unpaired) electrons. The fraction of sp³-hybridized carbons (Fsp3) is 1.00. The summed E-state index contributed by atoms with van der Waals surface area (Å²) in [5, 5.41) is 4.38. The van der Waals surface area contributed by atoms with Gasteiger partial charge < -0.3 is 24.6 Å². The standard InChI is InChI=1S/C16H31N2O.C15H30N2O.C2H6.Y/c1-13(2)15-6-10-18(11-7-15)14(3)12-19-16-4-8-17-9-5-16;1-3-14-4-10-17(11-5-14)12-13-18-15-6-8-16(2)9-7-15;1-2;/h13-16H,4-12H2,1-3H3;14-15H,3-13H2,1-2H3;1-2H3;/q-1;;;. The summed E-state index contributed by atoms with van der Waals surface area (Å²) in [4.78, 5) is 7.60. The molecule has 0 aromatic rings. The van der Waals surface area contributed by atoms with Crippen LogP contribution < -0.4 is 0 Å². The zero-order valence-corrected chi connectivity index (χ0v) is 30.6. The van der Waals surface area contributed by atoms with Crippen molar-refractivity contribution in [1.29, 1.82) is 0 Å². The van der Waals surface area contributed by atoms with Crippen LogP contribution in [-0.2, 0) is 42.2 Å². The minimum atomic E-state index is 0. The predicted molar refractivity (Wildman–Crippen MR) is 168 cm³/mol. The van der Waals surface area contributed by atoms with Crippen molar-refractivity contribution in [2.75, 3.05) is 79.2 Å². The van der Waals surface area contributed by atoms with Crippen LogP contribution in [0.3, 0.4) is 0 Å². The van der Waals surface area contributed by atoms with E-state index < -0.39 is 0 Å². The van der Waals surface area contributed by atoms with Gasteiger partial charge >= 0.3 is 0 Å². The quantitative estimate of drug-likeness (QED) is 0.272. The number of piperidine rings is 4. The molecule has 1 unspecified atom stereocenters. The van der Waals surface area contributed by atoms with Crippen LogP contribution in [0.15, 0.2) is 0 Å². The number of nitrogens with zero attached hydrogens (tertiary/aromatic N) is 4. The van der Waals surface area contributed by atoms with Crippen molar-refractivity contribution in [3.05, 3.63) is 5.32 Å². The van der Waals surface area contributed by atoms with E-state index in [2.05, 4.69) is 54.8 Å². The molecule has 0 bridgehead atoms. The van der Waals surface area contributed by atoms with Crippen LogP contribution in [0.4, 0.5) is 0 Å². The van der Waals surface area contributed by atoms with E-state index in [9.17, 15) is 0 Å². The van der Waals surface area contributed by atoms with E-state index in [1.54, 1.807) is 0 Å². The van der Waals surface area contributed by atoms with E-state index in [1.165, 1.54) is 84.2 Å². The molecule has 0 amide bonds. The van der Waals surface area contributed by atoms with Crippen molar-refractivity contribution in [3.63, 3.8) is 0 Å². The molecule has 4 aliphatic rings. The summed E-state index contributed by atoms with van der Waals surface area (Å²) < 4.78 is 12.1. The smallest absolute Gasteiger partial charge is 0.0622 e. The van der Waals surface area contributed by atoms with E-state index in [0.29, 0.717) is 18.2 Å². The molecule has 235 valence electrons. The maximum Gasteiger partial charge on any atom is 0.0622 e. The minimum Gasteiger partial charge on any atom is -0.662 e. The van der Waals surface area contributed by atoms with Crippen molar-refractivity contribution < 1.29 is 42.2 Å². The predicted octanol–water partition coefficient (Wildman–Crippen LogP) is 6.54. The first-order valence-electron chi connectivity index (χ1n) is 17.0. The molecule has 1 atom stereocenters. The van der Waals surface area contributed by atoms with Crippen molar-refractivity contribution >= 4 is 0 Å². The van der Waals surface area contributed by atoms with Crippen LogP contribution in [0, 0.1) is 17.8 Å². The van der Waals surface area contributed by atoms with Gasteiger partial charge in [-0.25, -0.2) is 0 Å². The average Bonchev–Trinajstić information content (AvgIpc) is 2.99. The van der Waals surface area contributed by atoms with Crippen LogP contribution in [0.2, 0.25) is 0 Å². The number of ether oxygens (including phenoxy) is 2. The summed E-state index contributed by atoms with van der Waals surface area (Å²) in [6, 6.07) is 0.576. The summed E-state index contributed by atoms with van der Waals surface area (Å²) in [7, 11) is 2.20. The Balaban J connectivity index is 0.000000368. The number of rotatable bonds is 10. The molecule has 0 saturated carbocycles. The van der Waals surface area contributed by atoms with E-state index in [-0.39, 0.29) is 32.7 Å². The molecule has 6 nitrogen and oxygen atoms in total. The summed E-state index contributed by atoms with van der Waals surface area (Å²) in [6.45, 7) is 25.8. The minimum absolute atomic E-state index is 0. The fourth-order valence-electron chi connectivity index (χ4n) is 6.42. The second-order valence-corrected chi connectivity index (χ2v) is 12.7. The first kappa shape index (κ1) is 38.9. The van der Waals surface area contributed by atoms with Crippen molar-refractivity contribution in [2.24, 2.45) is 17.8 Å². The normalized spacial score (nSPS) is 24.0. The molecule has 4 saturated heterocycles. The van der Waals surface area contributed by atoms with Crippen LogP contribution in [0.25, 0.3) is 5.32 Å². The SMILES string of the molecule is CC.CC(C)C1CCN(C(C)COC2CC[N-]CC2)CC1.CCC1CCN(CCOC2CCN(C)CC2)CC1.[Y]. The Bertz CT molecular complexity index is 569. The molecule has 0 aliphatic carbocycles. The molecule has 0 aromatic heterocycles. The Kier molecular flexibility index (Phi) is 22.6. The van der Waals surface area contributed by atoms with Gasteiger partial charge in [0.15, 0.2) is 0 Å². The summed E-state index contributed by atoms with van der Waals surface area (Å²) in [6.07, 6.45) is 12.6. The number of hydrogen-bond donors (Lipinski definition) is 0. The first-order chi connectivity index (χ1) is 18.9. The van der Waals surface area contributed by atoms with Gasteiger partial charge in [0.1, 0.15) is 0 Å². The van der Waals surface area contributed by atoms with E-state index in [4.69, 9.17) is 9.47 Å². The van der Waals surface area contributed by atoms with Crippen LogP contribution in [0.1, 0.15) is 99.3 Å². The molecular formula is C33H67N4O2Y-. The van der Waals surface area contributed by atoms with Gasteiger partial charge in [-0.15, -0.1) is 13.1 Å². The Labute approximate surface area is 275 Å². The van der Waals surface area contributed by atoms with Crippen LogP contribution in [0.5, 0.6) is 0 Å². The largest absolute Gasteiger partial charge is 0.662 e. The molecule has 0 aromatic carbocycles. The van der Waals surface area contributed by atoms with Crippen molar-refractivity contribution in [3.8, 4) is 0 Å². The third kappa shape index (κ3) is 15.5. The molecular weight excluding hydrogens is 573 g/mol. The average molecular weight is 641 g/mol. The molecule has 4 aliphatic heterocycles. The van der Waals surface area contributed by atoms with Gasteiger partial charge in [-0.2, -0.15) is 0 Å². The summed E-state index contributed by atoms with van der Waals surface area (Å²) >= 11 is 0. The van der Waals surface area contributed by atoms with Crippen LogP contribution >= 0.6 is 0 Å². The molecule has 0 spiro atoms. The fourth-order valence-corrected chi connectivity index (χ4v) is 6.42. The molecule has 40 heavy (non-hydrogen) atoms. The molecule has 4 rings (SSSR count). The van der Waals surface area contributed by atoms with E-state index >= 15 is 0 Å². The molecule has 7 heteroatoms. The summed E-state index contributed by atoms with van der Waals surface area (Å²) in [5.74, 6) is 2.76. The van der Waals surface area contributed by atoms with Gasteiger partial charge in [0.2, 0.25) is 0 Å². The third-order valence-corrected chi connectivity index (χ3v) is 9.64. The van der Waals surface area contributed by atoms with Crippen molar-refractivity contribution in [1.82, 2.24) is 14.7 Å². The third-order valence-electron chi connectivity index (χ3n) is 9.64. The monoisotopic (exact) mass is 640 g/mol. The maximum atomic E-state index is 6.07. The molecule has 4 fully saturated rings. The van der Waals surface area contributed by atoms with Gasteiger partial charge in [-0.05, 0) is 109 Å². The van der Waals surface area contributed by atoms with Gasteiger partial charge in [0, 0.05) is 58.4 Å². The van der Waals surface area contributed by atoms with Crippen LogP contribution in [-0.4, -0.2) is 112 Å². The molecule has 0 N–H and O–H groups in total. The molecule has 4 heterocycles. The topological polar surface area (TPSA) is 42.3 Å². The number of likely N-dealkylation sites (tertiary alicyclic amines) is 3. The Hall–Kier alpha value is 0.864. The Morgan fingerprint density at radius 1 is 0.750 bits per heavy atom. The number of hydrogen-bond acceptors (Lipinski definition) is 5. The zero-order chi connectivity index (χ0) is 28.5. The second-order valence-electron chi connectivity index (χ2n) is 12.7. The van der Waals surface area contributed by atoms with Gasteiger partial charge in [-0.1, -0.05) is 41.0 Å². The van der Waals surface area contributed by atoms with Gasteiger partial charge in [0.05, 0.1) is 25.4 Å². The van der Waals surface area contributed by atoms with E-state index in [1.807, 2.05) is 13.8 Å². The Morgan fingerprint density at radius 3 is 1.88 bits per heavy atom. The first-order valence-corrected chi connectivity index (χ1v) is 17.0. The maximum absolute atomic E-state index is 6.07. The zero-order valence-electron chi connectivity index (χ0n) is 27.8. The second kappa shape index (κ2) is 23.3. The van der Waals surface area contributed by atoms with E-state index in [0.717, 1.165) is 63.4 Å².